The molecule has 3 heteroatoms. The Bertz CT molecular complexity index is 165. The van der Waals surface area contributed by atoms with Crippen LogP contribution in [0.2, 0.25) is 0 Å². The van der Waals surface area contributed by atoms with E-state index in [1.807, 2.05) is 11.8 Å². The summed E-state index contributed by atoms with van der Waals surface area (Å²) in [5, 5.41) is 0. The van der Waals surface area contributed by atoms with Gasteiger partial charge in [-0.2, -0.15) is 11.8 Å². The average Bonchev–Trinajstić information content (AvgIpc) is 2.56. The van der Waals surface area contributed by atoms with Crippen molar-refractivity contribution in [3.63, 3.8) is 0 Å². The lowest BCUT2D eigenvalue weighted by Crippen LogP contribution is -2.36. The number of ether oxygens (including phenoxy) is 1. The lowest BCUT2D eigenvalue weighted by atomic mass is 9.78. The second kappa shape index (κ2) is 5.99. The highest BCUT2D eigenvalue weighted by Crippen LogP contribution is 2.38. The van der Waals surface area contributed by atoms with E-state index in [-0.39, 0.29) is 5.41 Å². The molecule has 0 bridgehead atoms. The number of thioether (sulfide) groups is 1. The van der Waals surface area contributed by atoms with Gasteiger partial charge < -0.3 is 10.5 Å². The third-order valence-electron chi connectivity index (χ3n) is 3.40. The monoisotopic (exact) mass is 217 g/mol. The lowest BCUT2D eigenvalue weighted by Gasteiger charge is -2.30. The van der Waals surface area contributed by atoms with Crippen LogP contribution in [0.15, 0.2) is 0 Å². The molecule has 1 rings (SSSR count). The molecule has 1 saturated heterocycles. The smallest absolute Gasteiger partial charge is 0.0616 e. The van der Waals surface area contributed by atoms with E-state index in [4.69, 9.17) is 10.5 Å². The minimum atomic E-state index is 0.286. The molecule has 2 unspecified atom stereocenters. The van der Waals surface area contributed by atoms with Crippen LogP contribution in [-0.4, -0.2) is 30.8 Å². The van der Waals surface area contributed by atoms with Gasteiger partial charge in [0.15, 0.2) is 0 Å². The highest BCUT2D eigenvalue weighted by atomic mass is 32.2. The Hall–Kier alpha value is 0.270. The minimum absolute atomic E-state index is 0.286. The molecular weight excluding hydrogens is 194 g/mol. The Morgan fingerprint density at radius 3 is 2.86 bits per heavy atom. The molecule has 0 amide bonds. The first-order chi connectivity index (χ1) is 6.75. The molecule has 0 saturated carbocycles. The van der Waals surface area contributed by atoms with Crippen molar-refractivity contribution in [2.45, 2.75) is 39.2 Å². The van der Waals surface area contributed by atoms with E-state index >= 15 is 0 Å². The highest BCUT2D eigenvalue weighted by Gasteiger charge is 2.39. The maximum Gasteiger partial charge on any atom is 0.0616 e. The fourth-order valence-electron chi connectivity index (χ4n) is 2.19. The Kier molecular flexibility index (Phi) is 5.28. The number of hydrogen-bond donors (Lipinski definition) is 1. The van der Waals surface area contributed by atoms with E-state index in [9.17, 15) is 0 Å². The van der Waals surface area contributed by atoms with Crippen molar-refractivity contribution in [2.24, 2.45) is 11.1 Å². The summed E-state index contributed by atoms with van der Waals surface area (Å²) < 4.78 is 5.63. The maximum atomic E-state index is 5.89. The molecule has 0 aromatic carbocycles. The molecule has 1 fully saturated rings. The molecule has 2 N–H and O–H groups in total. The van der Waals surface area contributed by atoms with Crippen molar-refractivity contribution in [3.8, 4) is 0 Å². The van der Waals surface area contributed by atoms with Crippen LogP contribution >= 0.6 is 11.8 Å². The van der Waals surface area contributed by atoms with Gasteiger partial charge in [-0.05, 0) is 37.7 Å². The predicted octanol–water partition coefficient (Wildman–Crippen LogP) is 2.27. The molecule has 2 nitrogen and oxygen atoms in total. The zero-order valence-electron chi connectivity index (χ0n) is 9.42. The first kappa shape index (κ1) is 12.3. The fourth-order valence-corrected chi connectivity index (χ4v) is 2.83. The van der Waals surface area contributed by atoms with Gasteiger partial charge in [-0.15, -0.1) is 0 Å². The summed E-state index contributed by atoms with van der Waals surface area (Å²) in [4.78, 5) is 0. The van der Waals surface area contributed by atoms with Crippen molar-refractivity contribution in [2.75, 3.05) is 24.7 Å². The molecule has 1 heterocycles. The van der Waals surface area contributed by atoms with Crippen molar-refractivity contribution >= 4 is 11.8 Å². The number of nitrogens with two attached hydrogens (primary N) is 1. The van der Waals surface area contributed by atoms with Crippen LogP contribution in [0.5, 0.6) is 0 Å². The zero-order chi connectivity index (χ0) is 10.4. The summed E-state index contributed by atoms with van der Waals surface area (Å²) in [7, 11) is 0. The normalized spacial score (nSPS) is 32.4. The van der Waals surface area contributed by atoms with Gasteiger partial charge in [0.2, 0.25) is 0 Å². The van der Waals surface area contributed by atoms with E-state index in [0.717, 1.165) is 19.6 Å². The van der Waals surface area contributed by atoms with Gasteiger partial charge in [0.05, 0.1) is 6.10 Å². The molecule has 0 aromatic rings. The van der Waals surface area contributed by atoms with Gasteiger partial charge in [-0.3, -0.25) is 0 Å². The van der Waals surface area contributed by atoms with Crippen molar-refractivity contribution in [1.82, 2.24) is 0 Å². The first-order valence-electron chi connectivity index (χ1n) is 5.64. The van der Waals surface area contributed by atoms with Crippen molar-refractivity contribution in [1.29, 1.82) is 0 Å². The summed E-state index contributed by atoms with van der Waals surface area (Å²) in [6, 6.07) is 0. The third kappa shape index (κ3) is 2.88. The Labute approximate surface area is 92.0 Å². The highest BCUT2D eigenvalue weighted by molar-refractivity contribution is 7.99. The molecule has 1 aliphatic heterocycles. The van der Waals surface area contributed by atoms with E-state index in [2.05, 4.69) is 13.8 Å². The van der Waals surface area contributed by atoms with E-state index in [1.165, 1.54) is 24.3 Å². The standard InChI is InChI=1S/C11H23NOS/c1-3-14-8-4-5-11(9-12)6-7-13-10(11)2/h10H,3-9,12H2,1-2H3. The van der Waals surface area contributed by atoms with Gasteiger partial charge >= 0.3 is 0 Å². The molecule has 0 aliphatic carbocycles. The largest absolute Gasteiger partial charge is 0.378 e. The Morgan fingerprint density at radius 1 is 1.57 bits per heavy atom. The summed E-state index contributed by atoms with van der Waals surface area (Å²) >= 11 is 2.02. The van der Waals surface area contributed by atoms with Crippen molar-refractivity contribution < 1.29 is 4.74 Å². The summed E-state index contributed by atoms with van der Waals surface area (Å²) in [5.41, 5.74) is 6.17. The average molecular weight is 217 g/mol. The van der Waals surface area contributed by atoms with Gasteiger partial charge in [-0.1, -0.05) is 6.92 Å². The number of hydrogen-bond acceptors (Lipinski definition) is 3. The topological polar surface area (TPSA) is 35.2 Å². The van der Waals surface area contributed by atoms with Crippen LogP contribution in [-0.2, 0) is 4.74 Å². The van der Waals surface area contributed by atoms with Crippen LogP contribution in [0.25, 0.3) is 0 Å². The SMILES string of the molecule is CCSCCCC1(CN)CCOC1C. The summed E-state index contributed by atoms with van der Waals surface area (Å²) in [6.07, 6.45) is 4.03. The van der Waals surface area contributed by atoms with Crippen LogP contribution in [0.4, 0.5) is 0 Å². The molecule has 84 valence electrons. The fraction of sp³-hybridized carbons (Fsp3) is 1.00. The van der Waals surface area contributed by atoms with Gasteiger partial charge in [0.25, 0.3) is 0 Å². The lowest BCUT2D eigenvalue weighted by molar-refractivity contribution is 0.0628. The molecule has 0 spiro atoms. The molecular formula is C11H23NOS. The van der Waals surface area contributed by atoms with Crippen LogP contribution < -0.4 is 5.73 Å². The Balaban J connectivity index is 2.30. The minimum Gasteiger partial charge on any atom is -0.378 e. The molecule has 2 atom stereocenters. The van der Waals surface area contributed by atoms with Crippen molar-refractivity contribution in [3.05, 3.63) is 0 Å². The zero-order valence-corrected chi connectivity index (χ0v) is 10.2. The summed E-state index contributed by atoms with van der Waals surface area (Å²) in [5.74, 6) is 2.49. The number of rotatable bonds is 6. The Morgan fingerprint density at radius 2 is 2.36 bits per heavy atom. The van der Waals surface area contributed by atoms with E-state index < -0.39 is 0 Å². The summed E-state index contributed by atoms with van der Waals surface area (Å²) in [6.45, 7) is 6.07. The second-order valence-electron chi connectivity index (χ2n) is 4.13. The molecule has 0 radical (unpaired) electrons. The van der Waals surface area contributed by atoms with Crippen LogP contribution in [0.3, 0.4) is 0 Å². The second-order valence-corrected chi connectivity index (χ2v) is 5.52. The van der Waals surface area contributed by atoms with E-state index in [0.29, 0.717) is 6.10 Å². The third-order valence-corrected chi connectivity index (χ3v) is 4.39. The van der Waals surface area contributed by atoms with Gasteiger partial charge in [0.1, 0.15) is 0 Å². The first-order valence-corrected chi connectivity index (χ1v) is 6.80. The maximum absolute atomic E-state index is 5.89. The molecule has 1 aliphatic rings. The van der Waals surface area contributed by atoms with Gasteiger partial charge in [0, 0.05) is 18.6 Å². The van der Waals surface area contributed by atoms with Crippen LogP contribution in [0, 0.1) is 5.41 Å². The van der Waals surface area contributed by atoms with Gasteiger partial charge in [-0.25, -0.2) is 0 Å². The van der Waals surface area contributed by atoms with Crippen LogP contribution in [0.1, 0.15) is 33.1 Å². The van der Waals surface area contributed by atoms with E-state index in [1.54, 1.807) is 0 Å². The molecule has 0 aromatic heterocycles. The quantitative estimate of drug-likeness (QED) is 0.693. The molecule has 14 heavy (non-hydrogen) atoms. The predicted molar refractivity (Wildman–Crippen MR) is 63.8 cm³/mol.